The van der Waals surface area contributed by atoms with Gasteiger partial charge < -0.3 is 15.7 Å². The molecule has 114 valence electrons. The molecule has 1 saturated heterocycles. The van der Waals surface area contributed by atoms with Crippen molar-refractivity contribution >= 4 is 0 Å². The van der Waals surface area contributed by atoms with Crippen LogP contribution in [0, 0.1) is 11.8 Å². The molecule has 2 atom stereocenters. The van der Waals surface area contributed by atoms with E-state index in [-0.39, 0.29) is 12.1 Å². The molecular weight excluding hydrogens is 236 g/mol. The Morgan fingerprint density at radius 3 is 2.63 bits per heavy atom. The molecule has 1 aliphatic heterocycles. The van der Waals surface area contributed by atoms with E-state index in [4.69, 9.17) is 10.8 Å². The van der Waals surface area contributed by atoms with E-state index in [1.54, 1.807) is 0 Å². The lowest BCUT2D eigenvalue weighted by molar-refractivity contribution is 0.193. The molecule has 1 heterocycles. The summed E-state index contributed by atoms with van der Waals surface area (Å²) in [7, 11) is 0. The largest absolute Gasteiger partial charge is 0.394 e. The molecule has 2 unspecified atom stereocenters. The maximum absolute atomic E-state index is 9.12. The van der Waals surface area contributed by atoms with Gasteiger partial charge >= 0.3 is 0 Å². The highest BCUT2D eigenvalue weighted by Gasteiger charge is 2.20. The van der Waals surface area contributed by atoms with E-state index in [1.165, 1.54) is 45.3 Å². The maximum Gasteiger partial charge on any atom is 0.0608 e. The summed E-state index contributed by atoms with van der Waals surface area (Å²) in [6.45, 7) is 10.5. The number of likely N-dealkylation sites (tertiary alicyclic amines) is 1. The highest BCUT2D eigenvalue weighted by Crippen LogP contribution is 2.24. The van der Waals surface area contributed by atoms with Crippen LogP contribution in [0.3, 0.4) is 0 Å². The first-order valence-corrected chi connectivity index (χ1v) is 8.07. The van der Waals surface area contributed by atoms with Gasteiger partial charge in [0.2, 0.25) is 0 Å². The molecule has 19 heavy (non-hydrogen) atoms. The Labute approximate surface area is 119 Å². The lowest BCUT2D eigenvalue weighted by atomic mass is 9.89. The summed E-state index contributed by atoms with van der Waals surface area (Å²) in [5.74, 6) is 1.76. The summed E-state index contributed by atoms with van der Waals surface area (Å²) in [5.41, 5.74) is 5.56. The van der Waals surface area contributed by atoms with Gasteiger partial charge in [-0.3, -0.25) is 0 Å². The Balaban J connectivity index is 2.16. The second-order valence-corrected chi connectivity index (χ2v) is 7.05. The Hall–Kier alpha value is -0.120. The van der Waals surface area contributed by atoms with Crippen molar-refractivity contribution in [1.29, 1.82) is 0 Å². The summed E-state index contributed by atoms with van der Waals surface area (Å²) >= 11 is 0. The molecule has 0 aromatic carbocycles. The fourth-order valence-corrected chi connectivity index (χ4v) is 3.02. The molecule has 1 rings (SSSR count). The molecule has 0 bridgehead atoms. The molecule has 0 aromatic rings. The minimum absolute atomic E-state index is 0.0901. The second kappa shape index (κ2) is 8.23. The molecule has 3 heteroatoms. The highest BCUT2D eigenvalue weighted by atomic mass is 16.3. The molecule has 3 N–H and O–H groups in total. The van der Waals surface area contributed by atoms with Crippen molar-refractivity contribution in [2.45, 2.75) is 64.8 Å². The quantitative estimate of drug-likeness (QED) is 0.699. The molecule has 0 amide bonds. The summed E-state index contributed by atoms with van der Waals surface area (Å²) in [6, 6.07) is 0. The first-order valence-electron chi connectivity index (χ1n) is 8.07. The summed E-state index contributed by atoms with van der Waals surface area (Å²) < 4.78 is 0. The van der Waals surface area contributed by atoms with E-state index >= 15 is 0 Å². The number of aliphatic hydroxyl groups excluding tert-OH is 1. The molecule has 0 spiro atoms. The number of hydrogen-bond acceptors (Lipinski definition) is 3. The third-order valence-electron chi connectivity index (χ3n) is 4.64. The molecule has 1 fully saturated rings. The van der Waals surface area contributed by atoms with Crippen molar-refractivity contribution in [3.05, 3.63) is 0 Å². The predicted octanol–water partition coefficient (Wildman–Crippen LogP) is 2.62. The van der Waals surface area contributed by atoms with Crippen LogP contribution in [0.5, 0.6) is 0 Å². The van der Waals surface area contributed by atoms with Crippen LogP contribution in [-0.2, 0) is 0 Å². The van der Waals surface area contributed by atoms with Crippen molar-refractivity contribution in [2.75, 3.05) is 26.2 Å². The van der Waals surface area contributed by atoms with Gasteiger partial charge in [0, 0.05) is 5.54 Å². The normalized spacial score (nSPS) is 25.3. The third kappa shape index (κ3) is 6.73. The monoisotopic (exact) mass is 270 g/mol. The molecule has 0 aromatic heterocycles. The zero-order valence-corrected chi connectivity index (χ0v) is 13.2. The minimum Gasteiger partial charge on any atom is -0.394 e. The van der Waals surface area contributed by atoms with Gasteiger partial charge in [0.05, 0.1) is 6.61 Å². The van der Waals surface area contributed by atoms with Crippen LogP contribution in [-0.4, -0.2) is 41.8 Å². The third-order valence-corrected chi connectivity index (χ3v) is 4.64. The van der Waals surface area contributed by atoms with Gasteiger partial charge in [-0.1, -0.05) is 20.3 Å². The van der Waals surface area contributed by atoms with Crippen LogP contribution in [0.2, 0.25) is 0 Å². The first kappa shape index (κ1) is 16.9. The summed E-state index contributed by atoms with van der Waals surface area (Å²) in [6.07, 6.45) is 7.37. The van der Waals surface area contributed by atoms with Crippen LogP contribution in [0.1, 0.15) is 59.3 Å². The minimum atomic E-state index is -0.387. The zero-order chi connectivity index (χ0) is 14.3. The van der Waals surface area contributed by atoms with E-state index < -0.39 is 0 Å². The maximum atomic E-state index is 9.12. The number of rotatable bonds is 7. The lowest BCUT2D eigenvalue weighted by Gasteiger charge is -2.24. The average Bonchev–Trinajstić information content (AvgIpc) is 2.60. The fraction of sp³-hybridized carbons (Fsp3) is 1.00. The number of hydrogen-bond donors (Lipinski definition) is 2. The van der Waals surface area contributed by atoms with Crippen LogP contribution in [0.15, 0.2) is 0 Å². The first-order chi connectivity index (χ1) is 8.94. The van der Waals surface area contributed by atoms with E-state index in [1.807, 2.05) is 6.92 Å². The van der Waals surface area contributed by atoms with E-state index in [0.29, 0.717) is 0 Å². The number of nitrogens with two attached hydrogens (primary N) is 1. The Morgan fingerprint density at radius 2 is 2.00 bits per heavy atom. The van der Waals surface area contributed by atoms with Crippen LogP contribution < -0.4 is 5.73 Å². The predicted molar refractivity (Wildman–Crippen MR) is 82.1 cm³/mol. The zero-order valence-electron chi connectivity index (χ0n) is 13.2. The van der Waals surface area contributed by atoms with Gasteiger partial charge in [0.25, 0.3) is 0 Å². The molecule has 0 radical (unpaired) electrons. The Bertz CT molecular complexity index is 241. The van der Waals surface area contributed by atoms with Crippen molar-refractivity contribution in [3.63, 3.8) is 0 Å². The van der Waals surface area contributed by atoms with E-state index in [2.05, 4.69) is 18.7 Å². The van der Waals surface area contributed by atoms with E-state index in [0.717, 1.165) is 24.7 Å². The Kier molecular flexibility index (Phi) is 7.33. The second-order valence-electron chi connectivity index (χ2n) is 7.05. The number of unbranched alkanes of at least 4 members (excludes halogenated alkanes) is 1. The summed E-state index contributed by atoms with van der Waals surface area (Å²) in [5, 5.41) is 9.12. The molecule has 3 nitrogen and oxygen atoms in total. The number of aliphatic hydroxyl groups is 1. The Morgan fingerprint density at radius 1 is 1.26 bits per heavy atom. The smallest absolute Gasteiger partial charge is 0.0608 e. The topological polar surface area (TPSA) is 49.5 Å². The molecule has 0 saturated carbocycles. The van der Waals surface area contributed by atoms with Crippen molar-refractivity contribution in [3.8, 4) is 0 Å². The lowest BCUT2D eigenvalue weighted by Crippen LogP contribution is -2.40. The fourth-order valence-electron chi connectivity index (χ4n) is 3.02. The summed E-state index contributed by atoms with van der Waals surface area (Å²) in [4.78, 5) is 2.62. The van der Waals surface area contributed by atoms with Crippen molar-refractivity contribution in [2.24, 2.45) is 17.6 Å². The molecule has 0 aliphatic carbocycles. The van der Waals surface area contributed by atoms with Crippen molar-refractivity contribution < 1.29 is 5.11 Å². The standard InChI is InChI=1S/C16H34N2O/c1-14(2)15-7-6-11-18(12-8-15)10-5-4-9-16(3,17)13-19/h14-15,19H,4-13,17H2,1-3H3. The van der Waals surface area contributed by atoms with Gasteiger partial charge in [-0.05, 0) is 70.5 Å². The van der Waals surface area contributed by atoms with E-state index in [9.17, 15) is 0 Å². The van der Waals surface area contributed by atoms with Gasteiger partial charge in [-0.25, -0.2) is 0 Å². The van der Waals surface area contributed by atoms with Gasteiger partial charge in [-0.2, -0.15) is 0 Å². The van der Waals surface area contributed by atoms with Crippen LogP contribution in [0.4, 0.5) is 0 Å². The average molecular weight is 270 g/mol. The van der Waals surface area contributed by atoms with Crippen LogP contribution >= 0.6 is 0 Å². The highest BCUT2D eigenvalue weighted by molar-refractivity contribution is 4.77. The SMILES string of the molecule is CC(C)C1CCCN(CCCCC(C)(N)CO)CC1. The van der Waals surface area contributed by atoms with Gasteiger partial charge in [0.1, 0.15) is 0 Å². The van der Waals surface area contributed by atoms with Gasteiger partial charge in [-0.15, -0.1) is 0 Å². The van der Waals surface area contributed by atoms with Crippen LogP contribution in [0.25, 0.3) is 0 Å². The molecular formula is C16H34N2O. The molecule has 1 aliphatic rings. The van der Waals surface area contributed by atoms with Gasteiger partial charge in [0.15, 0.2) is 0 Å². The number of nitrogens with zero attached hydrogens (tertiary/aromatic N) is 1. The van der Waals surface area contributed by atoms with Crippen molar-refractivity contribution in [1.82, 2.24) is 4.90 Å².